The van der Waals surface area contributed by atoms with Crippen molar-refractivity contribution in [3.8, 4) is 0 Å². The molecule has 0 aromatic carbocycles. The fourth-order valence-electron chi connectivity index (χ4n) is 4.94. The molecule has 0 saturated heterocycles. The van der Waals surface area contributed by atoms with Gasteiger partial charge in [0.1, 0.15) is 5.82 Å². The predicted octanol–water partition coefficient (Wildman–Crippen LogP) is 10.4. The molecule has 0 amide bonds. The zero-order chi connectivity index (χ0) is 22.6. The quantitative estimate of drug-likeness (QED) is 0.167. The third-order valence-corrected chi connectivity index (χ3v) is 7.16. The van der Waals surface area contributed by atoms with Crippen LogP contribution in [0.1, 0.15) is 174 Å². The molecule has 0 bridgehead atoms. The molecule has 1 aromatic rings. The largest absolute Gasteiger partial charge is 0.332 e. The number of nitrogens with zero attached hydrogens (tertiary/aromatic N) is 2. The molecule has 182 valence electrons. The van der Waals surface area contributed by atoms with Crippen LogP contribution < -0.4 is 0 Å². The number of aromatic nitrogens is 2. The van der Waals surface area contributed by atoms with E-state index in [9.17, 15) is 0 Å². The van der Waals surface area contributed by atoms with Crippen LogP contribution in [-0.2, 0) is 0 Å². The average Bonchev–Trinajstić information content (AvgIpc) is 3.26. The van der Waals surface area contributed by atoms with Crippen LogP contribution in [0, 0.1) is 0 Å². The number of hydrogen-bond donors (Lipinski definition) is 0. The lowest BCUT2D eigenvalue weighted by atomic mass is 9.96. The van der Waals surface area contributed by atoms with Gasteiger partial charge in [0.15, 0.2) is 0 Å². The van der Waals surface area contributed by atoms with Gasteiger partial charge in [-0.1, -0.05) is 130 Å². The van der Waals surface area contributed by atoms with Crippen LogP contribution in [0.4, 0.5) is 0 Å². The van der Waals surface area contributed by atoms with Crippen molar-refractivity contribution in [1.29, 1.82) is 0 Å². The molecule has 2 heteroatoms. The molecule has 0 aliphatic heterocycles. The molecule has 0 spiro atoms. The summed E-state index contributed by atoms with van der Waals surface area (Å²) in [5, 5.41) is 0. The fourth-order valence-corrected chi connectivity index (χ4v) is 4.94. The van der Waals surface area contributed by atoms with Gasteiger partial charge in [-0.3, -0.25) is 0 Å². The summed E-state index contributed by atoms with van der Waals surface area (Å²) in [5.41, 5.74) is 0. The second kappa shape index (κ2) is 19.9. The molecule has 1 rings (SSSR count). The average molecular weight is 433 g/mol. The van der Waals surface area contributed by atoms with Crippen molar-refractivity contribution in [3.05, 3.63) is 18.2 Å². The first-order chi connectivity index (χ1) is 15.2. The molecular formula is C29H56N2. The van der Waals surface area contributed by atoms with Crippen LogP contribution in [0.3, 0.4) is 0 Å². The molecular weight excluding hydrogens is 376 g/mol. The van der Waals surface area contributed by atoms with Crippen molar-refractivity contribution >= 4 is 0 Å². The molecule has 0 N–H and O–H groups in total. The number of unbranched alkanes of at least 4 members (excludes halogenated alkanes) is 15. The minimum Gasteiger partial charge on any atom is -0.332 e. The Balaban J connectivity index is 2.16. The first-order valence-corrected chi connectivity index (χ1v) is 14.3. The molecule has 1 heterocycles. The fraction of sp³-hybridized carbons (Fsp3) is 0.897. The lowest BCUT2D eigenvalue weighted by Crippen LogP contribution is -2.12. The zero-order valence-corrected chi connectivity index (χ0v) is 21.8. The van der Waals surface area contributed by atoms with E-state index in [0.717, 1.165) is 0 Å². The Hall–Kier alpha value is -0.790. The van der Waals surface area contributed by atoms with Crippen LogP contribution in [0.2, 0.25) is 0 Å². The summed E-state index contributed by atoms with van der Waals surface area (Å²) in [4.78, 5) is 4.80. The van der Waals surface area contributed by atoms with Crippen LogP contribution in [0.15, 0.2) is 12.4 Å². The van der Waals surface area contributed by atoms with Crippen molar-refractivity contribution < 1.29 is 0 Å². The standard InChI is InChI=1S/C29H56N2/c1-5-8-10-12-13-14-15-16-17-18-20-21-23-27(4)31-26-25-30-29(31)28(7-3)24-22-19-11-9-6-2/h25-28H,5-24H2,1-4H3. The smallest absolute Gasteiger partial charge is 0.111 e. The highest BCUT2D eigenvalue weighted by atomic mass is 15.1. The molecule has 2 atom stereocenters. The van der Waals surface area contributed by atoms with Gasteiger partial charge in [0.05, 0.1) is 0 Å². The molecule has 0 saturated carbocycles. The SMILES string of the molecule is CCCCCCCCCCCCCCC(C)n1ccnc1C(CC)CCCCCCC. The van der Waals surface area contributed by atoms with E-state index in [1.165, 1.54) is 134 Å². The summed E-state index contributed by atoms with van der Waals surface area (Å²) < 4.78 is 2.50. The van der Waals surface area contributed by atoms with Gasteiger partial charge < -0.3 is 4.57 Å². The number of imidazole rings is 1. The second-order valence-electron chi connectivity index (χ2n) is 10.0. The van der Waals surface area contributed by atoms with Crippen molar-refractivity contribution in [2.24, 2.45) is 0 Å². The van der Waals surface area contributed by atoms with Crippen LogP contribution >= 0.6 is 0 Å². The minimum absolute atomic E-state index is 0.592. The van der Waals surface area contributed by atoms with E-state index in [2.05, 4.69) is 38.5 Å². The maximum absolute atomic E-state index is 4.80. The van der Waals surface area contributed by atoms with Gasteiger partial charge in [0, 0.05) is 24.4 Å². The Bertz CT molecular complexity index is 493. The second-order valence-corrected chi connectivity index (χ2v) is 10.0. The lowest BCUT2D eigenvalue weighted by molar-refractivity contribution is 0.425. The summed E-state index contributed by atoms with van der Waals surface area (Å²) >= 11 is 0. The van der Waals surface area contributed by atoms with Gasteiger partial charge in [-0.2, -0.15) is 0 Å². The Morgan fingerprint density at radius 2 is 1.10 bits per heavy atom. The number of hydrogen-bond acceptors (Lipinski definition) is 1. The Kier molecular flexibility index (Phi) is 18.1. The summed E-state index contributed by atoms with van der Waals surface area (Å²) in [5.74, 6) is 1.99. The number of rotatable bonds is 22. The maximum atomic E-state index is 4.80. The Morgan fingerprint density at radius 3 is 1.58 bits per heavy atom. The molecule has 1 aromatic heterocycles. The maximum Gasteiger partial charge on any atom is 0.111 e. The minimum atomic E-state index is 0.592. The van der Waals surface area contributed by atoms with Crippen molar-refractivity contribution in [2.75, 3.05) is 0 Å². The van der Waals surface area contributed by atoms with E-state index in [4.69, 9.17) is 4.98 Å². The molecule has 0 fully saturated rings. The van der Waals surface area contributed by atoms with Gasteiger partial charge in [-0.25, -0.2) is 4.98 Å². The summed E-state index contributed by atoms with van der Waals surface area (Å²) in [7, 11) is 0. The van der Waals surface area contributed by atoms with Gasteiger partial charge in [-0.05, 0) is 26.2 Å². The van der Waals surface area contributed by atoms with Gasteiger partial charge in [0.25, 0.3) is 0 Å². The van der Waals surface area contributed by atoms with Crippen LogP contribution in [0.25, 0.3) is 0 Å². The predicted molar refractivity (Wildman–Crippen MR) is 139 cm³/mol. The van der Waals surface area contributed by atoms with E-state index in [0.29, 0.717) is 12.0 Å². The monoisotopic (exact) mass is 432 g/mol. The normalized spacial score (nSPS) is 13.5. The molecule has 0 radical (unpaired) electrons. The van der Waals surface area contributed by atoms with E-state index >= 15 is 0 Å². The highest BCUT2D eigenvalue weighted by molar-refractivity contribution is 5.02. The van der Waals surface area contributed by atoms with Gasteiger partial charge in [0.2, 0.25) is 0 Å². The van der Waals surface area contributed by atoms with Crippen LogP contribution in [0.5, 0.6) is 0 Å². The highest BCUT2D eigenvalue weighted by Gasteiger charge is 2.17. The van der Waals surface area contributed by atoms with Crippen molar-refractivity contribution in [2.45, 2.75) is 168 Å². The first-order valence-electron chi connectivity index (χ1n) is 14.3. The summed E-state index contributed by atoms with van der Waals surface area (Å²) in [6.45, 7) is 9.33. The van der Waals surface area contributed by atoms with Crippen molar-refractivity contribution in [1.82, 2.24) is 9.55 Å². The van der Waals surface area contributed by atoms with E-state index in [-0.39, 0.29) is 0 Å². The van der Waals surface area contributed by atoms with E-state index in [1.54, 1.807) is 0 Å². The zero-order valence-electron chi connectivity index (χ0n) is 21.8. The molecule has 31 heavy (non-hydrogen) atoms. The first kappa shape index (κ1) is 28.2. The molecule has 0 aliphatic carbocycles. The van der Waals surface area contributed by atoms with E-state index < -0.39 is 0 Å². The Labute approximate surface area is 196 Å². The Morgan fingerprint density at radius 1 is 0.645 bits per heavy atom. The lowest BCUT2D eigenvalue weighted by Gasteiger charge is -2.21. The van der Waals surface area contributed by atoms with Gasteiger partial charge in [-0.15, -0.1) is 0 Å². The van der Waals surface area contributed by atoms with Crippen molar-refractivity contribution in [3.63, 3.8) is 0 Å². The summed E-state index contributed by atoms with van der Waals surface area (Å²) in [6.07, 6.45) is 32.1. The topological polar surface area (TPSA) is 17.8 Å². The third kappa shape index (κ3) is 13.4. The van der Waals surface area contributed by atoms with Gasteiger partial charge >= 0.3 is 0 Å². The third-order valence-electron chi connectivity index (χ3n) is 7.16. The highest BCUT2D eigenvalue weighted by Crippen LogP contribution is 2.28. The molecule has 2 unspecified atom stereocenters. The van der Waals surface area contributed by atoms with Crippen LogP contribution in [-0.4, -0.2) is 9.55 Å². The molecule has 2 nitrogen and oxygen atoms in total. The van der Waals surface area contributed by atoms with E-state index in [1.807, 2.05) is 6.20 Å². The summed E-state index contributed by atoms with van der Waals surface area (Å²) in [6, 6.07) is 0.592. The molecule has 0 aliphatic rings.